The van der Waals surface area contributed by atoms with E-state index in [0.29, 0.717) is 5.56 Å². The lowest BCUT2D eigenvalue weighted by Crippen LogP contribution is -2.36. The van der Waals surface area contributed by atoms with Gasteiger partial charge < -0.3 is 10.8 Å². The van der Waals surface area contributed by atoms with Gasteiger partial charge in [0.05, 0.1) is 24.7 Å². The minimum absolute atomic E-state index is 0.136. The maximum absolute atomic E-state index is 10.8. The minimum Gasteiger partial charge on any atom is -0.480 e. The van der Waals surface area contributed by atoms with Crippen LogP contribution in [-0.4, -0.2) is 35.0 Å². The fraction of sp³-hybridized carbons (Fsp3) is 0.250. The van der Waals surface area contributed by atoms with Crippen LogP contribution in [0.25, 0.3) is 0 Å². The molecule has 6 heteroatoms. The highest BCUT2D eigenvalue weighted by atomic mass is 16.4. The van der Waals surface area contributed by atoms with Gasteiger partial charge in [0.1, 0.15) is 0 Å². The summed E-state index contributed by atoms with van der Waals surface area (Å²) in [5, 5.41) is 17.5. The predicted octanol–water partition coefficient (Wildman–Crippen LogP) is -0.0698. The molecule has 0 aliphatic heterocycles. The van der Waals surface area contributed by atoms with Crippen molar-refractivity contribution in [1.82, 2.24) is 4.90 Å². The van der Waals surface area contributed by atoms with Gasteiger partial charge >= 0.3 is 5.97 Å². The number of hydrogen-bond acceptors (Lipinski definition) is 4. The summed E-state index contributed by atoms with van der Waals surface area (Å²) in [5.41, 5.74) is 6.30. The summed E-state index contributed by atoms with van der Waals surface area (Å²) in [6, 6.07) is 8.76. The van der Waals surface area contributed by atoms with E-state index in [2.05, 4.69) is 0 Å². The van der Waals surface area contributed by atoms with Gasteiger partial charge in [0.15, 0.2) is 0 Å². The van der Waals surface area contributed by atoms with Gasteiger partial charge in [-0.25, -0.2) is 0 Å². The van der Waals surface area contributed by atoms with Gasteiger partial charge in [-0.15, -0.1) is 0 Å². The van der Waals surface area contributed by atoms with Crippen molar-refractivity contribution in [2.45, 2.75) is 6.54 Å². The number of carbonyl (C=O) groups is 2. The first-order valence-electron chi connectivity index (χ1n) is 5.22. The van der Waals surface area contributed by atoms with E-state index in [9.17, 15) is 9.59 Å². The highest BCUT2D eigenvalue weighted by Gasteiger charge is 2.12. The summed E-state index contributed by atoms with van der Waals surface area (Å²) in [7, 11) is 0. The van der Waals surface area contributed by atoms with Crippen molar-refractivity contribution in [2.75, 3.05) is 13.1 Å². The molecule has 94 valence electrons. The van der Waals surface area contributed by atoms with Crippen molar-refractivity contribution in [1.29, 1.82) is 5.26 Å². The fourth-order valence-electron chi connectivity index (χ4n) is 1.58. The summed E-state index contributed by atoms with van der Waals surface area (Å²) < 4.78 is 0. The van der Waals surface area contributed by atoms with E-state index in [1.807, 2.05) is 6.07 Å². The van der Waals surface area contributed by atoms with Crippen LogP contribution in [0.15, 0.2) is 24.3 Å². The average Bonchev–Trinajstić information content (AvgIpc) is 2.27. The van der Waals surface area contributed by atoms with E-state index >= 15 is 0 Å². The van der Waals surface area contributed by atoms with Crippen molar-refractivity contribution in [2.24, 2.45) is 5.73 Å². The molecule has 6 nitrogen and oxygen atoms in total. The van der Waals surface area contributed by atoms with E-state index in [0.717, 1.165) is 5.56 Å². The van der Waals surface area contributed by atoms with Gasteiger partial charge in [-0.3, -0.25) is 14.5 Å². The Morgan fingerprint density at radius 3 is 2.67 bits per heavy atom. The molecule has 1 amide bonds. The molecule has 0 aliphatic carbocycles. The monoisotopic (exact) mass is 247 g/mol. The lowest BCUT2D eigenvalue weighted by atomic mass is 10.1. The van der Waals surface area contributed by atoms with Crippen molar-refractivity contribution < 1.29 is 14.7 Å². The summed E-state index contributed by atoms with van der Waals surface area (Å²) in [4.78, 5) is 22.9. The van der Waals surface area contributed by atoms with Crippen LogP contribution in [-0.2, 0) is 16.1 Å². The third-order valence-corrected chi connectivity index (χ3v) is 2.20. The Labute approximate surface area is 104 Å². The van der Waals surface area contributed by atoms with E-state index in [-0.39, 0.29) is 19.6 Å². The minimum atomic E-state index is -1.03. The SMILES string of the molecule is N#Cc1cccc(CN(CC(N)=O)CC(=O)O)c1. The molecule has 0 saturated heterocycles. The zero-order chi connectivity index (χ0) is 13.5. The molecule has 0 spiro atoms. The predicted molar refractivity (Wildman–Crippen MR) is 63.3 cm³/mol. The maximum Gasteiger partial charge on any atom is 0.317 e. The molecular formula is C12H13N3O3. The first kappa shape index (κ1) is 13.7. The lowest BCUT2D eigenvalue weighted by Gasteiger charge is -2.18. The van der Waals surface area contributed by atoms with E-state index in [4.69, 9.17) is 16.1 Å². The second kappa shape index (κ2) is 6.37. The van der Waals surface area contributed by atoms with Crippen LogP contribution >= 0.6 is 0 Å². The molecule has 18 heavy (non-hydrogen) atoms. The number of carboxylic acid groups (broad SMARTS) is 1. The van der Waals surface area contributed by atoms with Crippen LogP contribution in [0.1, 0.15) is 11.1 Å². The average molecular weight is 247 g/mol. The number of nitrogens with two attached hydrogens (primary N) is 1. The highest BCUT2D eigenvalue weighted by molar-refractivity contribution is 5.77. The van der Waals surface area contributed by atoms with Crippen LogP contribution in [0.5, 0.6) is 0 Å². The van der Waals surface area contributed by atoms with Gasteiger partial charge in [-0.1, -0.05) is 12.1 Å². The summed E-state index contributed by atoms with van der Waals surface area (Å²) in [6.07, 6.45) is 0. The largest absolute Gasteiger partial charge is 0.480 e. The molecule has 0 unspecified atom stereocenters. The Hall–Kier alpha value is -2.39. The van der Waals surface area contributed by atoms with Crippen molar-refractivity contribution in [3.8, 4) is 6.07 Å². The Morgan fingerprint density at radius 1 is 1.39 bits per heavy atom. The molecular weight excluding hydrogens is 234 g/mol. The van der Waals surface area contributed by atoms with Crippen molar-refractivity contribution in [3.05, 3.63) is 35.4 Å². The number of aliphatic carboxylic acids is 1. The van der Waals surface area contributed by atoms with Gasteiger partial charge in [0.25, 0.3) is 0 Å². The molecule has 0 fully saturated rings. The molecule has 1 rings (SSSR count). The van der Waals surface area contributed by atoms with Crippen LogP contribution in [0.2, 0.25) is 0 Å². The molecule has 0 radical (unpaired) electrons. The fourth-order valence-corrected chi connectivity index (χ4v) is 1.58. The number of amides is 1. The lowest BCUT2D eigenvalue weighted by molar-refractivity contribution is -0.138. The molecule has 0 saturated carbocycles. The summed E-state index contributed by atoms with van der Waals surface area (Å²) in [5.74, 6) is -1.62. The smallest absolute Gasteiger partial charge is 0.317 e. The topological polar surface area (TPSA) is 107 Å². The Kier molecular flexibility index (Phi) is 4.84. The van der Waals surface area contributed by atoms with Crippen molar-refractivity contribution in [3.63, 3.8) is 0 Å². The van der Waals surface area contributed by atoms with Gasteiger partial charge in [0.2, 0.25) is 5.91 Å². The van der Waals surface area contributed by atoms with E-state index < -0.39 is 11.9 Å². The quantitative estimate of drug-likeness (QED) is 0.731. The number of primary amides is 1. The summed E-state index contributed by atoms with van der Waals surface area (Å²) >= 11 is 0. The normalized spacial score (nSPS) is 10.0. The third kappa shape index (κ3) is 4.63. The molecule has 0 aliphatic rings. The van der Waals surface area contributed by atoms with Crippen molar-refractivity contribution >= 4 is 11.9 Å². The molecule has 0 aromatic heterocycles. The highest BCUT2D eigenvalue weighted by Crippen LogP contribution is 2.07. The maximum atomic E-state index is 10.8. The molecule has 0 heterocycles. The number of hydrogen-bond donors (Lipinski definition) is 2. The third-order valence-electron chi connectivity index (χ3n) is 2.20. The standard InChI is InChI=1S/C12H13N3O3/c13-5-9-2-1-3-10(4-9)6-15(7-11(14)16)8-12(17)18/h1-4H,6-8H2,(H2,14,16)(H,17,18). The van der Waals surface area contributed by atoms with Gasteiger partial charge in [-0.05, 0) is 17.7 Å². The number of nitrogens with zero attached hydrogens (tertiary/aromatic N) is 2. The second-order valence-electron chi connectivity index (χ2n) is 3.82. The van der Waals surface area contributed by atoms with Gasteiger partial charge in [0, 0.05) is 6.54 Å². The summed E-state index contributed by atoms with van der Waals surface area (Å²) in [6.45, 7) is -0.159. The van der Waals surface area contributed by atoms with Crippen LogP contribution in [0, 0.1) is 11.3 Å². The molecule has 1 aromatic carbocycles. The first-order chi connectivity index (χ1) is 8.51. The first-order valence-corrected chi connectivity index (χ1v) is 5.22. The Bertz CT molecular complexity index is 478. The molecule has 0 atom stereocenters. The Morgan fingerprint density at radius 2 is 2.11 bits per heavy atom. The molecule has 0 bridgehead atoms. The van der Waals surface area contributed by atoms with Crippen LogP contribution in [0.4, 0.5) is 0 Å². The number of benzene rings is 1. The molecule has 3 N–H and O–H groups in total. The number of carbonyl (C=O) groups excluding carboxylic acids is 1. The number of rotatable bonds is 6. The Balaban J connectivity index is 2.78. The number of nitriles is 1. The van der Waals surface area contributed by atoms with Gasteiger partial charge in [-0.2, -0.15) is 5.26 Å². The molecule has 1 aromatic rings. The van der Waals surface area contributed by atoms with Crippen LogP contribution < -0.4 is 5.73 Å². The zero-order valence-corrected chi connectivity index (χ0v) is 9.67. The second-order valence-corrected chi connectivity index (χ2v) is 3.82. The van der Waals surface area contributed by atoms with Crippen LogP contribution in [0.3, 0.4) is 0 Å². The zero-order valence-electron chi connectivity index (χ0n) is 9.67. The number of carboxylic acids is 1. The van der Waals surface area contributed by atoms with E-state index in [1.54, 1.807) is 24.3 Å². The van der Waals surface area contributed by atoms with E-state index in [1.165, 1.54) is 4.90 Å².